The summed E-state index contributed by atoms with van der Waals surface area (Å²) in [6, 6.07) is 23.0. The highest BCUT2D eigenvalue weighted by atomic mass is 16.3. The van der Waals surface area contributed by atoms with Crippen molar-refractivity contribution >= 4 is 40.2 Å². The fourth-order valence-electron chi connectivity index (χ4n) is 3.61. The van der Waals surface area contributed by atoms with Gasteiger partial charge in [0.25, 0.3) is 5.91 Å². The third-order valence-corrected chi connectivity index (χ3v) is 5.29. The van der Waals surface area contributed by atoms with E-state index in [1.54, 1.807) is 66.9 Å². The number of aromatic hydroxyl groups is 1. The van der Waals surface area contributed by atoms with Crippen LogP contribution in [0.3, 0.4) is 0 Å². The van der Waals surface area contributed by atoms with Crippen molar-refractivity contribution in [3.63, 3.8) is 0 Å². The van der Waals surface area contributed by atoms with Crippen molar-refractivity contribution in [1.29, 1.82) is 0 Å². The Morgan fingerprint density at radius 1 is 0.943 bits per heavy atom. The molecule has 1 amide bonds. The Bertz CT molecular complexity index is 1560. The van der Waals surface area contributed by atoms with Crippen LogP contribution in [0.4, 0.5) is 17.2 Å². The molecule has 9 nitrogen and oxygen atoms in total. The molecule has 0 unspecified atom stereocenters. The molecule has 0 fully saturated rings. The number of phenols is 1. The molecular formula is C26H18N6O3. The van der Waals surface area contributed by atoms with Crippen LogP contribution in [0.25, 0.3) is 16.6 Å². The van der Waals surface area contributed by atoms with Crippen LogP contribution < -0.4 is 5.32 Å². The number of pyridine rings is 1. The Balaban J connectivity index is 1.61. The molecule has 9 heteroatoms. The molecule has 3 aromatic carbocycles. The number of azo groups is 1. The zero-order chi connectivity index (χ0) is 24.2. The summed E-state index contributed by atoms with van der Waals surface area (Å²) in [5.41, 5.74) is 0.770. The van der Waals surface area contributed by atoms with Crippen molar-refractivity contribution < 1.29 is 14.7 Å². The van der Waals surface area contributed by atoms with Crippen molar-refractivity contribution in [3.8, 4) is 11.6 Å². The number of para-hydroxylation sites is 1. The van der Waals surface area contributed by atoms with E-state index < -0.39 is 5.91 Å². The monoisotopic (exact) mass is 462 g/mol. The average Bonchev–Trinajstić information content (AvgIpc) is 3.32. The minimum absolute atomic E-state index is 0.0374. The Morgan fingerprint density at radius 3 is 2.49 bits per heavy atom. The first-order chi connectivity index (χ1) is 17.2. The van der Waals surface area contributed by atoms with Crippen LogP contribution in [0.2, 0.25) is 0 Å². The predicted octanol–water partition coefficient (Wildman–Crippen LogP) is 5.61. The van der Waals surface area contributed by atoms with Crippen LogP contribution in [0.1, 0.15) is 20.8 Å². The van der Waals surface area contributed by atoms with E-state index in [-0.39, 0.29) is 28.5 Å². The number of imidazole rings is 1. The Kier molecular flexibility index (Phi) is 5.79. The van der Waals surface area contributed by atoms with E-state index in [2.05, 4.69) is 25.5 Å². The third-order valence-electron chi connectivity index (χ3n) is 5.29. The largest absolute Gasteiger partial charge is 0.505 e. The van der Waals surface area contributed by atoms with E-state index in [0.717, 1.165) is 0 Å². The Labute approximate surface area is 199 Å². The maximum absolute atomic E-state index is 13.0. The number of phenolic OH excluding ortho intramolecular Hbond substituents is 1. The quantitative estimate of drug-likeness (QED) is 0.251. The van der Waals surface area contributed by atoms with E-state index in [9.17, 15) is 14.7 Å². The maximum Gasteiger partial charge on any atom is 0.259 e. The second-order valence-electron chi connectivity index (χ2n) is 7.49. The lowest BCUT2D eigenvalue weighted by atomic mass is 10.0. The number of anilines is 1. The van der Waals surface area contributed by atoms with Crippen LogP contribution in [0.15, 0.2) is 102 Å². The summed E-state index contributed by atoms with van der Waals surface area (Å²) in [5, 5.41) is 23.6. The number of nitrogens with one attached hydrogen (secondary N) is 1. The Hall–Kier alpha value is -5.18. The lowest BCUT2D eigenvalue weighted by Crippen LogP contribution is -2.12. The summed E-state index contributed by atoms with van der Waals surface area (Å²) in [5.74, 6) is -0.200. The highest BCUT2D eigenvalue weighted by molar-refractivity contribution is 6.11. The first-order valence-corrected chi connectivity index (χ1v) is 10.6. The SMILES string of the molecule is O=Cc1ncn(-c2ccccn2)c1N=Nc1c(O)c(C(=O)Nc2ccccc2)cc2ccccc12. The molecule has 0 radical (unpaired) electrons. The number of fused-ring (bicyclic) bond motifs is 1. The van der Waals surface area contributed by atoms with Crippen molar-refractivity contribution in [1.82, 2.24) is 14.5 Å². The molecule has 0 atom stereocenters. The van der Waals surface area contributed by atoms with Gasteiger partial charge in [0, 0.05) is 17.3 Å². The molecule has 0 saturated carbocycles. The van der Waals surface area contributed by atoms with Crippen molar-refractivity contribution in [3.05, 3.63) is 103 Å². The molecule has 0 bridgehead atoms. The number of hydrogen-bond acceptors (Lipinski definition) is 7. The van der Waals surface area contributed by atoms with Gasteiger partial charge >= 0.3 is 0 Å². The van der Waals surface area contributed by atoms with Crippen molar-refractivity contribution in [2.75, 3.05) is 5.32 Å². The zero-order valence-electron chi connectivity index (χ0n) is 18.2. The first-order valence-electron chi connectivity index (χ1n) is 10.6. The number of nitrogens with zero attached hydrogens (tertiary/aromatic N) is 5. The molecule has 0 aliphatic heterocycles. The van der Waals surface area contributed by atoms with Crippen LogP contribution in [-0.4, -0.2) is 31.8 Å². The number of aldehydes is 1. The summed E-state index contributed by atoms with van der Waals surface area (Å²) < 4.78 is 1.51. The standard InChI is InChI=1S/C26H18N6O3/c33-15-21-25(32(16-28-21)22-12-6-7-13-27-22)31-30-23-19-11-5-4-8-17(19)14-20(24(23)34)26(35)29-18-9-2-1-3-10-18/h1-16,34H,(H,29,35). The molecular weight excluding hydrogens is 444 g/mol. The summed E-state index contributed by atoms with van der Waals surface area (Å²) >= 11 is 0. The fraction of sp³-hybridized carbons (Fsp3) is 0. The number of hydrogen-bond donors (Lipinski definition) is 2. The fourth-order valence-corrected chi connectivity index (χ4v) is 3.61. The van der Waals surface area contributed by atoms with Gasteiger partial charge in [-0.1, -0.05) is 48.5 Å². The van der Waals surface area contributed by atoms with E-state index in [4.69, 9.17) is 0 Å². The molecule has 0 spiro atoms. The lowest BCUT2D eigenvalue weighted by molar-refractivity contribution is 0.102. The van der Waals surface area contributed by atoms with Gasteiger partial charge in [-0.05, 0) is 35.7 Å². The normalized spacial score (nSPS) is 11.1. The van der Waals surface area contributed by atoms with Gasteiger partial charge < -0.3 is 10.4 Å². The molecule has 5 aromatic rings. The highest BCUT2D eigenvalue weighted by Crippen LogP contribution is 2.40. The van der Waals surface area contributed by atoms with Gasteiger partial charge in [0.15, 0.2) is 17.9 Å². The number of carbonyl (C=O) groups excluding carboxylic acids is 2. The van der Waals surface area contributed by atoms with Crippen LogP contribution in [0, 0.1) is 0 Å². The van der Waals surface area contributed by atoms with E-state index in [1.165, 1.54) is 10.9 Å². The van der Waals surface area contributed by atoms with Crippen molar-refractivity contribution in [2.24, 2.45) is 10.2 Å². The molecule has 2 heterocycles. The summed E-state index contributed by atoms with van der Waals surface area (Å²) in [6.07, 6.45) is 3.59. The van der Waals surface area contributed by atoms with Crippen molar-refractivity contribution in [2.45, 2.75) is 0 Å². The Morgan fingerprint density at radius 2 is 1.71 bits per heavy atom. The number of aromatic nitrogens is 3. The molecule has 0 saturated heterocycles. The van der Waals surface area contributed by atoms with Gasteiger partial charge in [-0.25, -0.2) is 9.97 Å². The summed E-state index contributed by atoms with van der Waals surface area (Å²) in [6.45, 7) is 0. The number of rotatable bonds is 6. The second-order valence-corrected chi connectivity index (χ2v) is 7.49. The topological polar surface area (TPSA) is 122 Å². The van der Waals surface area contributed by atoms with Gasteiger partial charge in [0.1, 0.15) is 23.5 Å². The average molecular weight is 462 g/mol. The number of benzene rings is 3. The minimum Gasteiger partial charge on any atom is -0.505 e. The number of amides is 1. The van der Waals surface area contributed by atoms with Gasteiger partial charge in [-0.2, -0.15) is 0 Å². The summed E-state index contributed by atoms with van der Waals surface area (Å²) in [7, 11) is 0. The zero-order valence-corrected chi connectivity index (χ0v) is 18.2. The molecule has 2 N–H and O–H groups in total. The maximum atomic E-state index is 13.0. The minimum atomic E-state index is -0.497. The molecule has 170 valence electrons. The van der Waals surface area contributed by atoms with E-state index >= 15 is 0 Å². The smallest absolute Gasteiger partial charge is 0.259 e. The van der Waals surface area contributed by atoms with Crippen LogP contribution in [0.5, 0.6) is 5.75 Å². The van der Waals surface area contributed by atoms with E-state index in [0.29, 0.717) is 28.6 Å². The first kappa shape index (κ1) is 21.7. The number of carbonyl (C=O) groups is 2. The summed E-state index contributed by atoms with van der Waals surface area (Å²) in [4.78, 5) is 32.9. The second kappa shape index (κ2) is 9.36. The van der Waals surface area contributed by atoms with Gasteiger partial charge in [0.2, 0.25) is 0 Å². The molecule has 2 aromatic heterocycles. The van der Waals surface area contributed by atoms with Gasteiger partial charge in [0.05, 0.1) is 5.56 Å². The molecule has 0 aliphatic rings. The van der Waals surface area contributed by atoms with Crippen LogP contribution >= 0.6 is 0 Å². The third kappa shape index (κ3) is 4.25. The lowest BCUT2D eigenvalue weighted by Gasteiger charge is -2.11. The van der Waals surface area contributed by atoms with Crippen LogP contribution in [-0.2, 0) is 0 Å². The van der Waals surface area contributed by atoms with Gasteiger partial charge in [-0.3, -0.25) is 14.2 Å². The van der Waals surface area contributed by atoms with Gasteiger partial charge in [-0.15, -0.1) is 10.2 Å². The predicted molar refractivity (Wildman–Crippen MR) is 131 cm³/mol. The molecule has 5 rings (SSSR count). The highest BCUT2D eigenvalue weighted by Gasteiger charge is 2.19. The molecule has 0 aliphatic carbocycles. The van der Waals surface area contributed by atoms with E-state index in [1.807, 2.05) is 18.2 Å². The molecule has 35 heavy (non-hydrogen) atoms.